The van der Waals surface area contributed by atoms with Crippen LogP contribution in [0.5, 0.6) is 0 Å². The second-order valence-electron chi connectivity index (χ2n) is 5.50. The molecule has 0 aromatic heterocycles. The van der Waals surface area contributed by atoms with Crippen molar-refractivity contribution in [3.8, 4) is 0 Å². The number of aliphatic imine (C=N–C) groups is 1. The van der Waals surface area contributed by atoms with Gasteiger partial charge in [-0.15, -0.1) is 24.0 Å². The van der Waals surface area contributed by atoms with Crippen molar-refractivity contribution in [2.75, 3.05) is 60.2 Å². The van der Waals surface area contributed by atoms with Gasteiger partial charge in [-0.05, 0) is 26.9 Å². The summed E-state index contributed by atoms with van der Waals surface area (Å²) in [5.41, 5.74) is 6.19. The van der Waals surface area contributed by atoms with Gasteiger partial charge in [-0.25, -0.2) is 0 Å². The first-order chi connectivity index (χ1) is 9.14. The maximum atomic E-state index is 6.10. The fourth-order valence-corrected chi connectivity index (χ4v) is 2.62. The second kappa shape index (κ2) is 8.35. The molecule has 2 fully saturated rings. The van der Waals surface area contributed by atoms with Crippen LogP contribution in [0.3, 0.4) is 0 Å². The lowest BCUT2D eigenvalue weighted by Crippen LogP contribution is -2.52. The van der Waals surface area contributed by atoms with E-state index < -0.39 is 0 Å². The Balaban J connectivity index is 0.00000200. The third-order valence-corrected chi connectivity index (χ3v) is 4.24. The molecule has 0 aliphatic carbocycles. The van der Waals surface area contributed by atoms with Crippen molar-refractivity contribution in [1.29, 1.82) is 0 Å². The fourth-order valence-electron chi connectivity index (χ4n) is 2.62. The number of likely N-dealkylation sites (N-methyl/N-ethyl adjacent to an activating group) is 1. The van der Waals surface area contributed by atoms with Crippen molar-refractivity contribution in [2.24, 2.45) is 10.7 Å². The molecule has 118 valence electrons. The van der Waals surface area contributed by atoms with Crippen molar-refractivity contribution in [3.63, 3.8) is 0 Å². The molecular weight excluding hydrogens is 371 g/mol. The Kier molecular flexibility index (Phi) is 7.49. The smallest absolute Gasteiger partial charge is 0.191 e. The first-order valence-corrected chi connectivity index (χ1v) is 7.02. The number of hydrogen-bond acceptors (Lipinski definition) is 4. The summed E-state index contributed by atoms with van der Waals surface area (Å²) in [5.74, 6) is 0.649. The van der Waals surface area contributed by atoms with Crippen LogP contribution in [0.15, 0.2) is 4.99 Å². The fraction of sp³-hybridized carbons (Fsp3) is 0.923. The average molecular weight is 398 g/mol. The lowest BCUT2D eigenvalue weighted by molar-refractivity contribution is -0.00274. The van der Waals surface area contributed by atoms with E-state index in [2.05, 4.69) is 28.9 Å². The Morgan fingerprint density at radius 2 is 1.70 bits per heavy atom. The molecule has 2 aliphatic rings. The summed E-state index contributed by atoms with van der Waals surface area (Å²) >= 11 is 0. The van der Waals surface area contributed by atoms with E-state index in [4.69, 9.17) is 15.2 Å². The van der Waals surface area contributed by atoms with E-state index in [1.807, 2.05) is 0 Å². The number of morpholine rings is 1. The first-order valence-electron chi connectivity index (χ1n) is 7.02. The standard InChI is InChI=1S/C13H26N4O2.HI/c1-16(2)13(3-7-18-8-4-13)11-15-12(14)17-5-9-19-10-6-17;/h3-11H2,1-2H3,(H2,14,15);1H. The molecule has 2 rings (SSSR count). The molecular formula is C13H27IN4O2. The molecule has 0 radical (unpaired) electrons. The molecule has 0 spiro atoms. The highest BCUT2D eigenvalue weighted by Crippen LogP contribution is 2.26. The Labute approximate surface area is 138 Å². The number of rotatable bonds is 3. The summed E-state index contributed by atoms with van der Waals surface area (Å²) in [6.07, 6.45) is 2.03. The molecule has 2 aliphatic heterocycles. The van der Waals surface area contributed by atoms with E-state index in [0.29, 0.717) is 5.96 Å². The van der Waals surface area contributed by atoms with Crippen LogP contribution in [-0.4, -0.2) is 81.5 Å². The number of guanidine groups is 1. The van der Waals surface area contributed by atoms with Crippen LogP contribution < -0.4 is 5.73 Å². The summed E-state index contributed by atoms with van der Waals surface area (Å²) in [6, 6.07) is 0. The third-order valence-electron chi connectivity index (χ3n) is 4.24. The molecule has 0 atom stereocenters. The van der Waals surface area contributed by atoms with Crippen LogP contribution in [0.2, 0.25) is 0 Å². The van der Waals surface area contributed by atoms with Gasteiger partial charge < -0.3 is 25.0 Å². The molecule has 0 aromatic carbocycles. The highest BCUT2D eigenvalue weighted by molar-refractivity contribution is 14.0. The van der Waals surface area contributed by atoms with E-state index in [9.17, 15) is 0 Å². The number of halogens is 1. The minimum atomic E-state index is 0. The summed E-state index contributed by atoms with van der Waals surface area (Å²) < 4.78 is 10.8. The maximum absolute atomic E-state index is 6.10. The monoisotopic (exact) mass is 398 g/mol. The highest BCUT2D eigenvalue weighted by Gasteiger charge is 2.34. The van der Waals surface area contributed by atoms with Crippen molar-refractivity contribution in [1.82, 2.24) is 9.80 Å². The zero-order valence-electron chi connectivity index (χ0n) is 12.5. The van der Waals surface area contributed by atoms with Crippen LogP contribution in [-0.2, 0) is 9.47 Å². The summed E-state index contributed by atoms with van der Waals surface area (Å²) in [6.45, 7) is 5.52. The molecule has 0 unspecified atom stereocenters. The van der Waals surface area contributed by atoms with E-state index in [0.717, 1.165) is 58.9 Å². The SMILES string of the molecule is CN(C)C1(CN=C(N)N2CCOCC2)CCOCC1.I. The molecule has 0 bridgehead atoms. The Bertz CT molecular complexity index is 313. The largest absolute Gasteiger partial charge is 0.381 e. The maximum Gasteiger partial charge on any atom is 0.191 e. The normalized spacial score (nSPS) is 23.6. The van der Waals surface area contributed by atoms with E-state index >= 15 is 0 Å². The first kappa shape index (κ1) is 17.9. The minimum Gasteiger partial charge on any atom is -0.381 e. The van der Waals surface area contributed by atoms with Crippen LogP contribution >= 0.6 is 24.0 Å². The van der Waals surface area contributed by atoms with Gasteiger partial charge in [-0.1, -0.05) is 0 Å². The van der Waals surface area contributed by atoms with Gasteiger partial charge in [0.1, 0.15) is 0 Å². The van der Waals surface area contributed by atoms with Crippen molar-refractivity contribution in [2.45, 2.75) is 18.4 Å². The van der Waals surface area contributed by atoms with Crippen LogP contribution in [0.1, 0.15) is 12.8 Å². The Morgan fingerprint density at radius 1 is 1.15 bits per heavy atom. The summed E-state index contributed by atoms with van der Waals surface area (Å²) in [5, 5.41) is 0. The lowest BCUT2D eigenvalue weighted by atomic mass is 9.89. The zero-order valence-corrected chi connectivity index (χ0v) is 14.8. The summed E-state index contributed by atoms with van der Waals surface area (Å²) in [4.78, 5) is 9.01. The third kappa shape index (κ3) is 4.44. The van der Waals surface area contributed by atoms with E-state index in [1.54, 1.807) is 0 Å². The van der Waals surface area contributed by atoms with Crippen molar-refractivity contribution in [3.05, 3.63) is 0 Å². The minimum absolute atomic E-state index is 0. The van der Waals surface area contributed by atoms with Gasteiger partial charge in [-0.2, -0.15) is 0 Å². The topological polar surface area (TPSA) is 63.3 Å². The molecule has 2 saturated heterocycles. The van der Waals surface area contributed by atoms with Crippen molar-refractivity contribution >= 4 is 29.9 Å². The molecule has 2 N–H and O–H groups in total. The van der Waals surface area contributed by atoms with Gasteiger partial charge in [0, 0.05) is 31.8 Å². The Morgan fingerprint density at radius 3 is 2.25 bits per heavy atom. The number of ether oxygens (including phenoxy) is 2. The van der Waals surface area contributed by atoms with E-state index in [-0.39, 0.29) is 29.5 Å². The average Bonchev–Trinajstić information content (AvgIpc) is 2.46. The van der Waals surface area contributed by atoms with Gasteiger partial charge in [0.25, 0.3) is 0 Å². The molecule has 0 saturated carbocycles. The van der Waals surface area contributed by atoms with Gasteiger partial charge >= 0.3 is 0 Å². The summed E-state index contributed by atoms with van der Waals surface area (Å²) in [7, 11) is 4.23. The quantitative estimate of drug-likeness (QED) is 0.423. The van der Waals surface area contributed by atoms with Crippen LogP contribution in [0, 0.1) is 0 Å². The molecule has 0 aromatic rings. The van der Waals surface area contributed by atoms with Gasteiger partial charge in [0.05, 0.1) is 19.8 Å². The van der Waals surface area contributed by atoms with Crippen LogP contribution in [0.25, 0.3) is 0 Å². The lowest BCUT2D eigenvalue weighted by Gasteiger charge is -2.42. The molecule has 6 nitrogen and oxygen atoms in total. The van der Waals surface area contributed by atoms with Crippen LogP contribution in [0.4, 0.5) is 0 Å². The molecule has 0 amide bonds. The van der Waals surface area contributed by atoms with E-state index in [1.165, 1.54) is 0 Å². The molecule has 7 heteroatoms. The highest BCUT2D eigenvalue weighted by atomic mass is 127. The predicted molar refractivity (Wildman–Crippen MR) is 90.8 cm³/mol. The van der Waals surface area contributed by atoms with Gasteiger partial charge in [0.15, 0.2) is 5.96 Å². The number of nitrogens with two attached hydrogens (primary N) is 1. The Hall–Kier alpha value is -0.120. The van der Waals surface area contributed by atoms with Crippen molar-refractivity contribution < 1.29 is 9.47 Å². The second-order valence-corrected chi connectivity index (χ2v) is 5.50. The number of hydrogen-bond donors (Lipinski definition) is 1. The number of nitrogens with zero attached hydrogens (tertiary/aromatic N) is 3. The molecule has 20 heavy (non-hydrogen) atoms. The van der Waals surface area contributed by atoms with Gasteiger partial charge in [0.2, 0.25) is 0 Å². The predicted octanol–water partition coefficient (Wildman–Crippen LogP) is 0.362. The van der Waals surface area contributed by atoms with Gasteiger partial charge in [-0.3, -0.25) is 4.99 Å². The molecule has 2 heterocycles. The zero-order chi connectivity index (χ0) is 13.7.